The van der Waals surface area contributed by atoms with E-state index in [-0.39, 0.29) is 10.3 Å². The van der Waals surface area contributed by atoms with Gasteiger partial charge in [0, 0.05) is 6.20 Å². The summed E-state index contributed by atoms with van der Waals surface area (Å²) >= 11 is 0. The summed E-state index contributed by atoms with van der Waals surface area (Å²) in [5.74, 6) is 0.384. The van der Waals surface area contributed by atoms with Crippen LogP contribution < -0.4 is 0 Å². The zero-order valence-corrected chi connectivity index (χ0v) is 9.79. The maximum atomic E-state index is 11.8. The van der Waals surface area contributed by atoms with Crippen LogP contribution in [0.4, 0.5) is 0 Å². The Balaban J connectivity index is 2.31. The van der Waals surface area contributed by atoms with Gasteiger partial charge in [0.1, 0.15) is 0 Å². The fraction of sp³-hybridized carbons (Fsp3) is 0.545. The third kappa shape index (κ3) is 2.04. The second-order valence-corrected chi connectivity index (χ2v) is 6.50. The topological polar surface area (TPSA) is 47.0 Å². The van der Waals surface area contributed by atoms with Crippen LogP contribution >= 0.6 is 0 Å². The first-order valence-corrected chi connectivity index (χ1v) is 6.76. The minimum Gasteiger partial charge on any atom is -0.244 e. The highest BCUT2D eigenvalue weighted by Gasteiger charge is 2.37. The molecule has 0 amide bonds. The van der Waals surface area contributed by atoms with Crippen molar-refractivity contribution in [1.82, 2.24) is 4.98 Å². The second-order valence-electron chi connectivity index (χ2n) is 4.33. The zero-order valence-electron chi connectivity index (χ0n) is 8.97. The lowest BCUT2D eigenvalue weighted by atomic mass is 10.1. The highest BCUT2D eigenvalue weighted by atomic mass is 32.2. The lowest BCUT2D eigenvalue weighted by Crippen LogP contribution is -2.09. The summed E-state index contributed by atoms with van der Waals surface area (Å²) in [5.41, 5.74) is 1.07. The molecular weight excluding hydrogens is 210 g/mol. The minimum absolute atomic E-state index is 0.171. The van der Waals surface area contributed by atoms with Crippen molar-refractivity contribution >= 4 is 9.84 Å². The van der Waals surface area contributed by atoms with Gasteiger partial charge in [0.25, 0.3) is 0 Å². The monoisotopic (exact) mass is 225 g/mol. The number of nitrogens with zero attached hydrogens (tertiary/aromatic N) is 1. The van der Waals surface area contributed by atoms with E-state index in [2.05, 4.69) is 18.8 Å². The molecule has 1 saturated carbocycles. The number of sulfone groups is 1. The predicted octanol–water partition coefficient (Wildman–Crippen LogP) is 2.14. The molecule has 0 radical (unpaired) electrons. The Labute approximate surface area is 90.5 Å². The summed E-state index contributed by atoms with van der Waals surface area (Å²) in [5, 5.41) is 0.0595. The SMILES string of the molecule is CC(C)c1ccc(S(=O)(=O)C2CC2)nc1. The summed E-state index contributed by atoms with van der Waals surface area (Å²) in [6.07, 6.45) is 3.24. The van der Waals surface area contributed by atoms with E-state index in [1.54, 1.807) is 12.3 Å². The average molecular weight is 225 g/mol. The van der Waals surface area contributed by atoms with Crippen molar-refractivity contribution in [1.29, 1.82) is 0 Å². The van der Waals surface area contributed by atoms with Crippen LogP contribution in [-0.4, -0.2) is 18.7 Å². The van der Waals surface area contributed by atoms with Crippen molar-refractivity contribution in [3.05, 3.63) is 23.9 Å². The largest absolute Gasteiger partial charge is 0.244 e. The molecule has 0 aromatic carbocycles. The lowest BCUT2D eigenvalue weighted by Gasteiger charge is -2.06. The molecule has 2 rings (SSSR count). The van der Waals surface area contributed by atoms with Gasteiger partial charge in [-0.15, -0.1) is 0 Å². The van der Waals surface area contributed by atoms with Gasteiger partial charge < -0.3 is 0 Å². The quantitative estimate of drug-likeness (QED) is 0.791. The normalized spacial score (nSPS) is 17.0. The fourth-order valence-electron chi connectivity index (χ4n) is 1.45. The van der Waals surface area contributed by atoms with Crippen LogP contribution in [0.2, 0.25) is 0 Å². The molecule has 3 nitrogen and oxygen atoms in total. The number of rotatable bonds is 3. The number of pyridine rings is 1. The van der Waals surface area contributed by atoms with E-state index in [9.17, 15) is 8.42 Å². The van der Waals surface area contributed by atoms with Crippen LogP contribution in [-0.2, 0) is 9.84 Å². The van der Waals surface area contributed by atoms with Gasteiger partial charge in [-0.1, -0.05) is 19.9 Å². The van der Waals surface area contributed by atoms with E-state index in [0.29, 0.717) is 5.92 Å². The van der Waals surface area contributed by atoms with E-state index >= 15 is 0 Å². The molecule has 4 heteroatoms. The Morgan fingerprint density at radius 1 is 1.33 bits per heavy atom. The Hall–Kier alpha value is -0.900. The summed E-state index contributed by atoms with van der Waals surface area (Å²) in [7, 11) is -3.12. The molecule has 0 atom stereocenters. The Morgan fingerprint density at radius 3 is 2.40 bits per heavy atom. The van der Waals surface area contributed by atoms with Crippen molar-refractivity contribution in [3.63, 3.8) is 0 Å². The molecule has 0 spiro atoms. The maximum Gasteiger partial charge on any atom is 0.198 e. The van der Waals surface area contributed by atoms with Crippen molar-refractivity contribution in [3.8, 4) is 0 Å². The minimum atomic E-state index is -3.12. The van der Waals surface area contributed by atoms with Crippen LogP contribution in [0.1, 0.15) is 38.2 Å². The maximum absolute atomic E-state index is 11.8. The lowest BCUT2D eigenvalue weighted by molar-refractivity contribution is 0.591. The van der Waals surface area contributed by atoms with E-state index < -0.39 is 9.84 Å². The van der Waals surface area contributed by atoms with Crippen LogP contribution in [0, 0.1) is 0 Å². The molecule has 1 fully saturated rings. The van der Waals surface area contributed by atoms with Crippen LogP contribution in [0.25, 0.3) is 0 Å². The van der Waals surface area contributed by atoms with Gasteiger partial charge in [-0.3, -0.25) is 0 Å². The van der Waals surface area contributed by atoms with Crippen molar-refractivity contribution in [2.75, 3.05) is 0 Å². The highest BCUT2D eigenvalue weighted by Crippen LogP contribution is 2.32. The number of aromatic nitrogens is 1. The highest BCUT2D eigenvalue weighted by molar-refractivity contribution is 7.92. The van der Waals surface area contributed by atoms with Crippen molar-refractivity contribution in [2.45, 2.75) is 42.9 Å². The fourth-order valence-corrected chi connectivity index (χ4v) is 3.01. The van der Waals surface area contributed by atoms with Crippen LogP contribution in [0.5, 0.6) is 0 Å². The van der Waals surface area contributed by atoms with E-state index in [1.807, 2.05) is 6.07 Å². The van der Waals surface area contributed by atoms with E-state index in [1.165, 1.54) is 0 Å². The summed E-state index contributed by atoms with van der Waals surface area (Å²) in [6, 6.07) is 3.48. The van der Waals surface area contributed by atoms with Gasteiger partial charge >= 0.3 is 0 Å². The summed E-state index contributed by atoms with van der Waals surface area (Å²) < 4.78 is 23.6. The number of hydrogen-bond donors (Lipinski definition) is 0. The Kier molecular flexibility index (Phi) is 2.54. The smallest absolute Gasteiger partial charge is 0.198 e. The first-order valence-electron chi connectivity index (χ1n) is 5.21. The van der Waals surface area contributed by atoms with E-state index in [4.69, 9.17) is 0 Å². The molecule has 0 unspecified atom stereocenters. The first-order chi connectivity index (χ1) is 7.01. The molecule has 82 valence electrons. The first kappa shape index (κ1) is 10.6. The van der Waals surface area contributed by atoms with Gasteiger partial charge in [-0.2, -0.15) is 0 Å². The van der Waals surface area contributed by atoms with Crippen molar-refractivity contribution < 1.29 is 8.42 Å². The molecule has 1 aliphatic carbocycles. The molecule has 15 heavy (non-hydrogen) atoms. The molecule has 0 bridgehead atoms. The Morgan fingerprint density at radius 2 is 2.00 bits per heavy atom. The average Bonchev–Trinajstić information content (AvgIpc) is 3.01. The van der Waals surface area contributed by atoms with Crippen LogP contribution in [0.3, 0.4) is 0 Å². The zero-order chi connectivity index (χ0) is 11.1. The van der Waals surface area contributed by atoms with E-state index in [0.717, 1.165) is 18.4 Å². The molecule has 0 saturated heterocycles. The Bertz CT molecular complexity index is 444. The van der Waals surface area contributed by atoms with Gasteiger partial charge in [-0.25, -0.2) is 13.4 Å². The molecule has 1 heterocycles. The molecule has 0 aliphatic heterocycles. The molecule has 1 aromatic heterocycles. The van der Waals surface area contributed by atoms with Gasteiger partial charge in [-0.05, 0) is 30.4 Å². The summed E-state index contributed by atoms with van der Waals surface area (Å²) in [6.45, 7) is 4.12. The van der Waals surface area contributed by atoms with Crippen LogP contribution in [0.15, 0.2) is 23.4 Å². The van der Waals surface area contributed by atoms with Crippen molar-refractivity contribution in [2.24, 2.45) is 0 Å². The van der Waals surface area contributed by atoms with Gasteiger partial charge in [0.15, 0.2) is 14.9 Å². The van der Waals surface area contributed by atoms with Gasteiger partial charge in [0.05, 0.1) is 5.25 Å². The predicted molar refractivity (Wildman–Crippen MR) is 58.5 cm³/mol. The third-order valence-electron chi connectivity index (χ3n) is 2.68. The molecule has 0 N–H and O–H groups in total. The van der Waals surface area contributed by atoms with Gasteiger partial charge in [0.2, 0.25) is 0 Å². The molecule has 1 aromatic rings. The third-order valence-corrected chi connectivity index (χ3v) is 4.85. The number of hydrogen-bond acceptors (Lipinski definition) is 3. The second kappa shape index (κ2) is 3.59. The molecular formula is C11H15NO2S. The molecule has 1 aliphatic rings. The standard InChI is InChI=1S/C11H15NO2S/c1-8(2)9-3-6-11(12-7-9)15(13,14)10-4-5-10/h3,6-8,10H,4-5H2,1-2H3. The summed E-state index contributed by atoms with van der Waals surface area (Å²) in [4.78, 5) is 4.04.